The molecule has 3 aromatic rings. The molecule has 4 rings (SSSR count). The number of carbonyl (C=O) groups is 1. The van der Waals surface area contributed by atoms with Crippen LogP contribution in [0.25, 0.3) is 12.2 Å². The number of hydrogen-bond donors (Lipinski definition) is 1. The largest absolute Gasteiger partial charge is 0.465 e. The minimum atomic E-state index is -3.90. The lowest BCUT2D eigenvalue weighted by Crippen LogP contribution is -2.43. The first kappa shape index (κ1) is 22.0. The van der Waals surface area contributed by atoms with Crippen molar-refractivity contribution in [2.24, 2.45) is 5.92 Å². The summed E-state index contributed by atoms with van der Waals surface area (Å²) in [5, 5.41) is 6.74. The topological polar surface area (TPSA) is 106 Å². The maximum atomic E-state index is 13.5. The molecule has 1 N–H and O–H groups in total. The van der Waals surface area contributed by atoms with E-state index >= 15 is 0 Å². The molecule has 1 amide bonds. The van der Waals surface area contributed by atoms with Crippen LogP contribution in [-0.4, -0.2) is 36.9 Å². The fourth-order valence-electron chi connectivity index (χ4n) is 3.73. The van der Waals surface area contributed by atoms with Crippen LogP contribution < -0.4 is 5.32 Å². The third-order valence-corrected chi connectivity index (χ3v) is 7.47. The zero-order chi connectivity index (χ0) is 22.7. The maximum Gasteiger partial charge on any atom is 0.248 e. The molecule has 1 aliphatic rings. The van der Waals surface area contributed by atoms with E-state index in [9.17, 15) is 13.2 Å². The van der Waals surface area contributed by atoms with Crippen LogP contribution in [0.1, 0.15) is 35.6 Å². The molecule has 0 aliphatic carbocycles. The van der Waals surface area contributed by atoms with E-state index in [2.05, 4.69) is 10.5 Å². The van der Waals surface area contributed by atoms with Crippen LogP contribution in [0.5, 0.6) is 0 Å². The predicted octanol–water partition coefficient (Wildman–Crippen LogP) is 4.09. The Hall–Kier alpha value is -3.17. The van der Waals surface area contributed by atoms with Gasteiger partial charge in [-0.05, 0) is 63.1 Å². The van der Waals surface area contributed by atoms with Crippen molar-refractivity contribution in [3.05, 3.63) is 65.4 Å². The Kier molecular flexibility index (Phi) is 6.29. The number of nitrogens with one attached hydrogen (secondary N) is 1. The molecule has 0 bridgehead atoms. The monoisotopic (exact) mass is 455 g/mol. The maximum absolute atomic E-state index is 13.5. The van der Waals surface area contributed by atoms with E-state index in [0.717, 1.165) is 5.56 Å². The van der Waals surface area contributed by atoms with Crippen LogP contribution in [0.2, 0.25) is 0 Å². The van der Waals surface area contributed by atoms with E-state index in [1.165, 1.54) is 16.6 Å². The van der Waals surface area contributed by atoms with E-state index in [4.69, 9.17) is 8.94 Å². The number of carbonyl (C=O) groups excluding carboxylic acids is 1. The third-order valence-electron chi connectivity index (χ3n) is 5.45. The van der Waals surface area contributed by atoms with Gasteiger partial charge in [-0.3, -0.25) is 4.79 Å². The van der Waals surface area contributed by atoms with E-state index in [0.29, 0.717) is 30.8 Å². The summed E-state index contributed by atoms with van der Waals surface area (Å²) in [5.41, 5.74) is 2.06. The predicted molar refractivity (Wildman–Crippen MR) is 120 cm³/mol. The first-order valence-corrected chi connectivity index (χ1v) is 11.8. The van der Waals surface area contributed by atoms with Crippen LogP contribution in [-0.2, 0) is 14.8 Å². The van der Waals surface area contributed by atoms with Gasteiger partial charge in [-0.25, -0.2) is 8.42 Å². The van der Waals surface area contributed by atoms with Gasteiger partial charge in [-0.1, -0.05) is 22.9 Å². The Morgan fingerprint density at radius 3 is 2.69 bits per heavy atom. The summed E-state index contributed by atoms with van der Waals surface area (Å²) in [6.07, 6.45) is 5.88. The van der Waals surface area contributed by atoms with Crippen LogP contribution in [0.3, 0.4) is 0 Å². The van der Waals surface area contributed by atoms with Crippen molar-refractivity contribution in [2.75, 3.05) is 18.4 Å². The van der Waals surface area contributed by atoms with E-state index in [1.807, 2.05) is 31.2 Å². The van der Waals surface area contributed by atoms with Crippen molar-refractivity contribution in [3.8, 4) is 0 Å². The smallest absolute Gasteiger partial charge is 0.248 e. The van der Waals surface area contributed by atoms with Crippen molar-refractivity contribution >= 4 is 33.8 Å². The number of amides is 1. The first-order chi connectivity index (χ1) is 15.3. The molecule has 1 aliphatic heterocycles. The Balaban J connectivity index is 1.52. The average Bonchev–Trinajstić information content (AvgIpc) is 3.43. The van der Waals surface area contributed by atoms with Gasteiger partial charge in [0.2, 0.25) is 15.9 Å². The molecular formula is C23H25N3O5S. The molecule has 0 saturated carbocycles. The average molecular weight is 456 g/mol. The highest BCUT2D eigenvalue weighted by Crippen LogP contribution is 2.29. The normalized spacial score (nSPS) is 17.6. The number of furan rings is 1. The summed E-state index contributed by atoms with van der Waals surface area (Å²) in [4.78, 5) is 12.8. The van der Waals surface area contributed by atoms with Gasteiger partial charge in [-0.2, -0.15) is 4.31 Å². The van der Waals surface area contributed by atoms with Crippen molar-refractivity contribution < 1.29 is 22.2 Å². The fraction of sp³-hybridized carbons (Fsp3) is 0.304. The lowest BCUT2D eigenvalue weighted by atomic mass is 9.98. The molecule has 1 saturated heterocycles. The number of nitrogens with zero attached hydrogens (tertiary/aromatic N) is 2. The molecule has 0 radical (unpaired) electrons. The summed E-state index contributed by atoms with van der Waals surface area (Å²) in [6, 6.07) is 11.0. The molecule has 1 atom stereocenters. The number of piperidine rings is 1. The zero-order valence-corrected chi connectivity index (χ0v) is 18.8. The molecule has 0 unspecified atom stereocenters. The van der Waals surface area contributed by atoms with Gasteiger partial charge >= 0.3 is 0 Å². The second-order valence-corrected chi connectivity index (χ2v) is 9.74. The second-order valence-electron chi connectivity index (χ2n) is 7.87. The Morgan fingerprint density at radius 1 is 1.19 bits per heavy atom. The minimum Gasteiger partial charge on any atom is -0.465 e. The second kappa shape index (κ2) is 9.13. The molecule has 3 heterocycles. The summed E-state index contributed by atoms with van der Waals surface area (Å²) in [6.45, 7) is 4.00. The van der Waals surface area contributed by atoms with Crippen molar-refractivity contribution in [1.82, 2.24) is 9.46 Å². The summed E-state index contributed by atoms with van der Waals surface area (Å²) in [7, 11) is -3.90. The van der Waals surface area contributed by atoms with Crippen LogP contribution in [0.15, 0.2) is 56.5 Å². The Morgan fingerprint density at radius 2 is 1.97 bits per heavy atom. The van der Waals surface area contributed by atoms with Gasteiger partial charge in [-0.15, -0.1) is 0 Å². The zero-order valence-electron chi connectivity index (χ0n) is 17.9. The number of hydrogen-bond acceptors (Lipinski definition) is 6. The van der Waals surface area contributed by atoms with Crippen LogP contribution >= 0.6 is 0 Å². The summed E-state index contributed by atoms with van der Waals surface area (Å²) in [5.74, 6) is 0.0641. The van der Waals surface area contributed by atoms with E-state index < -0.39 is 15.9 Å². The third kappa shape index (κ3) is 4.68. The Labute approximate surface area is 186 Å². The van der Waals surface area contributed by atoms with Crippen molar-refractivity contribution in [3.63, 3.8) is 0 Å². The Bertz CT molecular complexity index is 1210. The highest BCUT2D eigenvalue weighted by molar-refractivity contribution is 7.89. The molecule has 1 fully saturated rings. The highest BCUT2D eigenvalue weighted by atomic mass is 32.2. The SMILES string of the molecule is Cc1ccc(NC(=O)[C@H]2CCCN(S(=O)(=O)c3c(C)noc3/C=C/c3ccco3)C2)cc1. The lowest BCUT2D eigenvalue weighted by molar-refractivity contribution is -0.120. The molecule has 2 aromatic heterocycles. The first-order valence-electron chi connectivity index (χ1n) is 10.4. The number of benzene rings is 1. The fourth-order valence-corrected chi connectivity index (χ4v) is 5.50. The van der Waals surface area contributed by atoms with Crippen molar-refractivity contribution in [1.29, 1.82) is 0 Å². The molecular weight excluding hydrogens is 430 g/mol. The van der Waals surface area contributed by atoms with Gasteiger partial charge in [0.25, 0.3) is 0 Å². The standard InChI is InChI=1S/C23H25N3O5S/c1-16-7-9-19(10-8-16)24-23(27)18-5-3-13-26(15-18)32(28,29)22-17(2)25-31-21(22)12-11-20-6-4-14-30-20/h4,6-12,14,18H,3,5,13,15H2,1-2H3,(H,24,27)/b12-11+/t18-/m0/s1. The lowest BCUT2D eigenvalue weighted by Gasteiger charge is -2.31. The molecule has 8 nitrogen and oxygen atoms in total. The van der Waals surface area contributed by atoms with Gasteiger partial charge in [0, 0.05) is 18.8 Å². The van der Waals surface area contributed by atoms with Gasteiger partial charge in [0.1, 0.15) is 11.5 Å². The number of anilines is 1. The number of aromatic nitrogens is 1. The van der Waals surface area contributed by atoms with Crippen LogP contribution in [0.4, 0.5) is 5.69 Å². The van der Waals surface area contributed by atoms with E-state index in [1.54, 1.807) is 25.1 Å². The molecule has 32 heavy (non-hydrogen) atoms. The molecule has 0 spiro atoms. The van der Waals surface area contributed by atoms with Crippen LogP contribution in [0, 0.1) is 19.8 Å². The molecule has 1 aromatic carbocycles. The van der Waals surface area contributed by atoms with Gasteiger partial charge < -0.3 is 14.3 Å². The van der Waals surface area contributed by atoms with Gasteiger partial charge in [0.05, 0.1) is 12.2 Å². The number of sulfonamides is 1. The quantitative estimate of drug-likeness (QED) is 0.600. The minimum absolute atomic E-state index is 0.0138. The molecule has 168 valence electrons. The molecule has 9 heteroatoms. The van der Waals surface area contributed by atoms with E-state index in [-0.39, 0.29) is 28.8 Å². The number of rotatable bonds is 6. The summed E-state index contributed by atoms with van der Waals surface area (Å²) < 4.78 is 38.8. The highest BCUT2D eigenvalue weighted by Gasteiger charge is 2.37. The number of aryl methyl sites for hydroxylation is 2. The van der Waals surface area contributed by atoms with Gasteiger partial charge in [0.15, 0.2) is 10.7 Å². The summed E-state index contributed by atoms with van der Waals surface area (Å²) >= 11 is 0. The van der Waals surface area contributed by atoms with Crippen molar-refractivity contribution in [2.45, 2.75) is 31.6 Å².